The Hall–Kier alpha value is -3.26. The fraction of sp³-hybridized carbons (Fsp3) is 0.250. The number of hydrogen-bond acceptors (Lipinski definition) is 6. The number of nitrogens with zero attached hydrogens (tertiary/aromatic N) is 3. The van der Waals surface area contributed by atoms with E-state index >= 15 is 0 Å². The highest BCUT2D eigenvalue weighted by atomic mass is 35.5. The number of halogens is 1. The van der Waals surface area contributed by atoms with Crippen molar-refractivity contribution >= 4 is 23.2 Å². The first-order valence-corrected chi connectivity index (χ1v) is 9.37. The molecule has 1 aromatic heterocycles. The van der Waals surface area contributed by atoms with Gasteiger partial charge in [0, 0.05) is 29.4 Å². The van der Waals surface area contributed by atoms with Gasteiger partial charge in [-0.3, -0.25) is 4.99 Å². The van der Waals surface area contributed by atoms with E-state index in [4.69, 9.17) is 25.6 Å². The van der Waals surface area contributed by atoms with Crippen LogP contribution in [0.1, 0.15) is 12.8 Å². The first kappa shape index (κ1) is 20.5. The molecular formula is C20H22ClN5O3. The average Bonchev–Trinajstić information content (AvgIpc) is 3.21. The molecular weight excluding hydrogens is 394 g/mol. The molecule has 3 aromatic rings. The lowest BCUT2D eigenvalue weighted by molar-refractivity contribution is 0.311. The number of methoxy groups -OCH3 is 1. The molecule has 9 heteroatoms. The van der Waals surface area contributed by atoms with E-state index in [2.05, 4.69) is 25.8 Å². The smallest absolute Gasteiger partial charge is 0.246 e. The number of anilines is 1. The van der Waals surface area contributed by atoms with E-state index in [1.54, 1.807) is 26.3 Å². The summed E-state index contributed by atoms with van der Waals surface area (Å²) >= 11 is 6.01. The summed E-state index contributed by atoms with van der Waals surface area (Å²) in [6, 6.07) is 12.8. The Labute approximate surface area is 173 Å². The molecule has 8 nitrogen and oxygen atoms in total. The molecule has 0 saturated carbocycles. The van der Waals surface area contributed by atoms with Crippen molar-refractivity contribution in [1.29, 1.82) is 0 Å². The van der Waals surface area contributed by atoms with Crippen molar-refractivity contribution in [3.05, 3.63) is 53.4 Å². The predicted octanol–water partition coefficient (Wildman–Crippen LogP) is 3.98. The van der Waals surface area contributed by atoms with E-state index < -0.39 is 0 Å². The van der Waals surface area contributed by atoms with Gasteiger partial charge in [-0.15, -0.1) is 0 Å². The zero-order valence-corrected chi connectivity index (χ0v) is 17.2. The van der Waals surface area contributed by atoms with Crippen molar-refractivity contribution < 1.29 is 14.0 Å². The van der Waals surface area contributed by atoms with Gasteiger partial charge in [0.25, 0.3) is 0 Å². The van der Waals surface area contributed by atoms with Gasteiger partial charge in [0.05, 0.1) is 20.3 Å². The number of benzene rings is 2. The maximum absolute atomic E-state index is 6.01. The molecule has 1 heterocycles. The fourth-order valence-electron chi connectivity index (χ4n) is 2.57. The summed E-state index contributed by atoms with van der Waals surface area (Å²) in [4.78, 5) is 8.59. The van der Waals surface area contributed by atoms with Gasteiger partial charge in [-0.25, -0.2) is 0 Å². The molecule has 152 valence electrons. The third-order valence-corrected chi connectivity index (χ3v) is 4.14. The molecule has 2 aromatic carbocycles. The number of aromatic nitrogens is 2. The first-order valence-electron chi connectivity index (χ1n) is 9.00. The lowest BCUT2D eigenvalue weighted by Crippen LogP contribution is -2.30. The van der Waals surface area contributed by atoms with Gasteiger partial charge in [-0.2, -0.15) is 4.98 Å². The second kappa shape index (κ2) is 9.79. The van der Waals surface area contributed by atoms with Crippen LogP contribution >= 0.6 is 11.6 Å². The second-order valence-electron chi connectivity index (χ2n) is 5.87. The van der Waals surface area contributed by atoms with Crippen LogP contribution in [-0.4, -0.2) is 36.9 Å². The zero-order valence-electron chi connectivity index (χ0n) is 16.4. The van der Waals surface area contributed by atoms with Crippen LogP contribution in [0.2, 0.25) is 5.02 Å². The number of ether oxygens (including phenoxy) is 2. The van der Waals surface area contributed by atoms with Crippen LogP contribution in [-0.2, 0) is 6.54 Å². The van der Waals surface area contributed by atoms with Gasteiger partial charge in [-0.1, -0.05) is 28.9 Å². The average molecular weight is 416 g/mol. The van der Waals surface area contributed by atoms with Gasteiger partial charge in [0.15, 0.2) is 17.5 Å². The molecule has 0 atom stereocenters. The molecule has 0 aliphatic carbocycles. The topological polar surface area (TPSA) is 93.8 Å². The van der Waals surface area contributed by atoms with Crippen molar-refractivity contribution in [2.45, 2.75) is 13.5 Å². The minimum Gasteiger partial charge on any atom is -0.493 e. The normalized spacial score (nSPS) is 11.2. The molecule has 3 rings (SSSR count). The summed E-state index contributed by atoms with van der Waals surface area (Å²) < 4.78 is 16.2. The Balaban J connectivity index is 1.63. The maximum Gasteiger partial charge on any atom is 0.246 e. The summed E-state index contributed by atoms with van der Waals surface area (Å²) in [7, 11) is 3.28. The molecule has 0 aliphatic heterocycles. The third kappa shape index (κ3) is 5.39. The molecule has 2 N–H and O–H groups in total. The lowest BCUT2D eigenvalue weighted by Gasteiger charge is -2.14. The summed E-state index contributed by atoms with van der Waals surface area (Å²) in [6.45, 7) is 2.77. The Morgan fingerprint density at radius 1 is 1.21 bits per heavy atom. The van der Waals surface area contributed by atoms with Crippen molar-refractivity contribution in [3.8, 4) is 22.9 Å². The molecule has 0 saturated heterocycles. The van der Waals surface area contributed by atoms with Crippen LogP contribution in [0.3, 0.4) is 0 Å². The highest BCUT2D eigenvalue weighted by Gasteiger charge is 2.11. The number of aliphatic imine (C=N–C) groups is 1. The van der Waals surface area contributed by atoms with Gasteiger partial charge in [0.2, 0.25) is 11.7 Å². The highest BCUT2D eigenvalue weighted by Crippen LogP contribution is 2.30. The quantitative estimate of drug-likeness (QED) is 0.445. The first-order chi connectivity index (χ1) is 14.1. The Bertz CT molecular complexity index is 990. The molecule has 0 amide bonds. The second-order valence-corrected chi connectivity index (χ2v) is 6.31. The number of hydrogen-bond donors (Lipinski definition) is 2. The third-order valence-electron chi connectivity index (χ3n) is 3.91. The van der Waals surface area contributed by atoms with Crippen molar-refractivity contribution in [2.75, 3.05) is 26.1 Å². The van der Waals surface area contributed by atoms with E-state index in [9.17, 15) is 0 Å². The van der Waals surface area contributed by atoms with Crippen LogP contribution in [0.4, 0.5) is 5.69 Å². The molecule has 0 spiro atoms. The summed E-state index contributed by atoms with van der Waals surface area (Å²) in [5.74, 6) is 2.76. The van der Waals surface area contributed by atoms with Crippen LogP contribution in [0.5, 0.6) is 11.5 Å². The largest absolute Gasteiger partial charge is 0.493 e. The molecule has 0 aliphatic rings. The van der Waals surface area contributed by atoms with Crippen molar-refractivity contribution in [3.63, 3.8) is 0 Å². The lowest BCUT2D eigenvalue weighted by atomic mass is 10.2. The van der Waals surface area contributed by atoms with Gasteiger partial charge >= 0.3 is 0 Å². The van der Waals surface area contributed by atoms with Gasteiger partial charge in [-0.05, 0) is 31.2 Å². The molecule has 0 unspecified atom stereocenters. The SMILES string of the molecule is CCOc1cc(NC(=NC)NCc2nc(-c3cccc(Cl)c3)no2)ccc1OC. The maximum atomic E-state index is 6.01. The monoisotopic (exact) mass is 415 g/mol. The zero-order chi connectivity index (χ0) is 20.6. The van der Waals surface area contributed by atoms with E-state index in [1.807, 2.05) is 37.3 Å². The van der Waals surface area contributed by atoms with Crippen LogP contribution < -0.4 is 20.1 Å². The van der Waals surface area contributed by atoms with E-state index in [0.29, 0.717) is 47.3 Å². The number of rotatable bonds is 7. The van der Waals surface area contributed by atoms with Gasteiger partial charge in [0.1, 0.15) is 0 Å². The van der Waals surface area contributed by atoms with Crippen molar-refractivity contribution in [2.24, 2.45) is 4.99 Å². The Kier molecular flexibility index (Phi) is 6.91. The Morgan fingerprint density at radius 3 is 2.79 bits per heavy atom. The van der Waals surface area contributed by atoms with Crippen LogP contribution in [0.15, 0.2) is 52.0 Å². The van der Waals surface area contributed by atoms with E-state index in [0.717, 1.165) is 11.3 Å². The molecule has 29 heavy (non-hydrogen) atoms. The number of nitrogens with one attached hydrogen (secondary N) is 2. The molecule has 0 bridgehead atoms. The van der Waals surface area contributed by atoms with Crippen molar-refractivity contribution in [1.82, 2.24) is 15.5 Å². The molecule has 0 fully saturated rings. The van der Waals surface area contributed by atoms with Crippen LogP contribution in [0, 0.1) is 0 Å². The minimum absolute atomic E-state index is 0.307. The van der Waals surface area contributed by atoms with Crippen LogP contribution in [0.25, 0.3) is 11.4 Å². The summed E-state index contributed by atoms with van der Waals surface area (Å²) in [5.41, 5.74) is 1.59. The molecule has 0 radical (unpaired) electrons. The summed E-state index contributed by atoms with van der Waals surface area (Å²) in [5, 5.41) is 10.9. The van der Waals surface area contributed by atoms with E-state index in [-0.39, 0.29) is 0 Å². The Morgan fingerprint density at radius 2 is 2.07 bits per heavy atom. The predicted molar refractivity (Wildman–Crippen MR) is 113 cm³/mol. The number of guanidine groups is 1. The summed E-state index contributed by atoms with van der Waals surface area (Å²) in [6.07, 6.45) is 0. The van der Waals surface area contributed by atoms with E-state index in [1.165, 1.54) is 0 Å². The van der Waals surface area contributed by atoms with Gasteiger partial charge < -0.3 is 24.6 Å². The highest BCUT2D eigenvalue weighted by molar-refractivity contribution is 6.30. The minimum atomic E-state index is 0.307. The standard InChI is InChI=1S/C20H22ClN5O3/c1-4-28-17-11-15(8-9-16(17)27-3)24-20(22-2)23-12-18-25-19(26-29-18)13-6-5-7-14(21)10-13/h5-11H,4,12H2,1-3H3,(H2,22,23,24). The fourth-order valence-corrected chi connectivity index (χ4v) is 2.76.